The van der Waals surface area contributed by atoms with Crippen molar-refractivity contribution in [2.45, 2.75) is 39.2 Å². The SMILES string of the molecule is CCC(C)(CC)n1cnc2c(=O)[nH]c(=O)[nH]c21. The normalized spacial score (nSPS) is 12.2. The van der Waals surface area contributed by atoms with E-state index >= 15 is 0 Å². The summed E-state index contributed by atoms with van der Waals surface area (Å²) in [5.74, 6) is 0. The molecule has 0 amide bonds. The molecule has 0 spiro atoms. The minimum absolute atomic E-state index is 0.147. The maximum Gasteiger partial charge on any atom is 0.327 e. The van der Waals surface area contributed by atoms with E-state index in [1.54, 1.807) is 6.33 Å². The molecule has 17 heavy (non-hydrogen) atoms. The number of aromatic nitrogens is 4. The van der Waals surface area contributed by atoms with E-state index in [4.69, 9.17) is 0 Å². The summed E-state index contributed by atoms with van der Waals surface area (Å²) in [4.78, 5) is 31.8. The van der Waals surface area contributed by atoms with E-state index in [0.717, 1.165) is 12.8 Å². The van der Waals surface area contributed by atoms with Crippen molar-refractivity contribution >= 4 is 11.2 Å². The Kier molecular flexibility index (Phi) is 2.65. The summed E-state index contributed by atoms with van der Waals surface area (Å²) in [5.41, 5.74) is -0.329. The Hall–Kier alpha value is -1.85. The van der Waals surface area contributed by atoms with Crippen LogP contribution in [0.2, 0.25) is 0 Å². The second kappa shape index (κ2) is 3.87. The van der Waals surface area contributed by atoms with Gasteiger partial charge in [-0.2, -0.15) is 0 Å². The molecular weight excluding hydrogens is 220 g/mol. The Balaban J connectivity index is 2.81. The highest BCUT2D eigenvalue weighted by Gasteiger charge is 2.24. The lowest BCUT2D eigenvalue weighted by Gasteiger charge is -2.28. The minimum Gasteiger partial charge on any atom is -0.311 e. The average molecular weight is 236 g/mol. The highest BCUT2D eigenvalue weighted by atomic mass is 16.2. The van der Waals surface area contributed by atoms with Crippen molar-refractivity contribution in [3.8, 4) is 0 Å². The van der Waals surface area contributed by atoms with Gasteiger partial charge >= 0.3 is 5.69 Å². The quantitative estimate of drug-likeness (QED) is 0.832. The molecule has 0 aliphatic heterocycles. The van der Waals surface area contributed by atoms with Crippen molar-refractivity contribution in [1.82, 2.24) is 19.5 Å². The lowest BCUT2D eigenvalue weighted by Crippen LogP contribution is -2.30. The van der Waals surface area contributed by atoms with Gasteiger partial charge in [0.1, 0.15) is 5.65 Å². The smallest absolute Gasteiger partial charge is 0.311 e. The zero-order valence-electron chi connectivity index (χ0n) is 10.2. The third-order valence-electron chi connectivity index (χ3n) is 3.55. The molecule has 2 aromatic heterocycles. The number of aromatic amines is 2. The molecule has 0 aromatic carbocycles. The predicted octanol–water partition coefficient (Wildman–Crippen LogP) is 0.948. The second-order valence-electron chi connectivity index (χ2n) is 4.42. The van der Waals surface area contributed by atoms with Crippen molar-refractivity contribution in [2.75, 3.05) is 0 Å². The number of imidazole rings is 1. The van der Waals surface area contributed by atoms with Gasteiger partial charge in [0, 0.05) is 5.54 Å². The summed E-state index contributed by atoms with van der Waals surface area (Å²) in [7, 11) is 0. The first-order valence-corrected chi connectivity index (χ1v) is 5.72. The van der Waals surface area contributed by atoms with Gasteiger partial charge in [0.25, 0.3) is 5.56 Å². The third-order valence-corrected chi connectivity index (χ3v) is 3.55. The van der Waals surface area contributed by atoms with Gasteiger partial charge in [-0.05, 0) is 19.8 Å². The van der Waals surface area contributed by atoms with Gasteiger partial charge in [0.2, 0.25) is 0 Å². The Labute approximate surface area is 97.7 Å². The van der Waals surface area contributed by atoms with Crippen LogP contribution in [-0.4, -0.2) is 19.5 Å². The van der Waals surface area contributed by atoms with E-state index in [1.807, 2.05) is 4.57 Å². The van der Waals surface area contributed by atoms with E-state index in [0.29, 0.717) is 5.65 Å². The van der Waals surface area contributed by atoms with Crippen molar-refractivity contribution in [3.05, 3.63) is 27.2 Å². The van der Waals surface area contributed by atoms with E-state index in [1.165, 1.54) is 0 Å². The molecule has 2 aromatic rings. The minimum atomic E-state index is -0.501. The maximum absolute atomic E-state index is 11.6. The van der Waals surface area contributed by atoms with Crippen LogP contribution in [0, 0.1) is 0 Å². The summed E-state index contributed by atoms with van der Waals surface area (Å²) < 4.78 is 1.87. The Bertz CT molecular complexity index is 645. The van der Waals surface area contributed by atoms with Gasteiger partial charge in [0.15, 0.2) is 5.52 Å². The highest BCUT2D eigenvalue weighted by molar-refractivity contribution is 5.69. The fraction of sp³-hybridized carbons (Fsp3) is 0.545. The van der Waals surface area contributed by atoms with Crippen LogP contribution in [-0.2, 0) is 5.54 Å². The molecule has 0 bridgehead atoms. The summed E-state index contributed by atoms with van der Waals surface area (Å²) in [6, 6.07) is 0. The molecule has 0 radical (unpaired) electrons. The lowest BCUT2D eigenvalue weighted by atomic mass is 9.95. The largest absolute Gasteiger partial charge is 0.327 e. The van der Waals surface area contributed by atoms with Gasteiger partial charge in [-0.15, -0.1) is 0 Å². The van der Waals surface area contributed by atoms with Crippen molar-refractivity contribution in [2.24, 2.45) is 0 Å². The molecule has 0 unspecified atom stereocenters. The standard InChI is InChI=1S/C11H16N4O2/c1-4-11(3,5-2)15-6-12-7-8(15)13-10(17)14-9(7)16/h6H,4-5H2,1-3H3,(H2,13,14,16,17). The number of H-pyrrole nitrogens is 2. The Morgan fingerprint density at radius 2 is 1.94 bits per heavy atom. The van der Waals surface area contributed by atoms with Gasteiger partial charge in [0.05, 0.1) is 6.33 Å². The first-order chi connectivity index (χ1) is 8.01. The van der Waals surface area contributed by atoms with Crippen molar-refractivity contribution in [3.63, 3.8) is 0 Å². The number of rotatable bonds is 3. The molecule has 0 saturated carbocycles. The zero-order chi connectivity index (χ0) is 12.6. The number of nitrogens with zero attached hydrogens (tertiary/aromatic N) is 2. The fourth-order valence-electron chi connectivity index (χ4n) is 1.94. The fourth-order valence-corrected chi connectivity index (χ4v) is 1.94. The Morgan fingerprint density at radius 3 is 2.53 bits per heavy atom. The van der Waals surface area contributed by atoms with Gasteiger partial charge in [-0.25, -0.2) is 9.78 Å². The van der Waals surface area contributed by atoms with E-state index < -0.39 is 11.2 Å². The molecule has 0 atom stereocenters. The van der Waals surface area contributed by atoms with Crippen LogP contribution in [0.25, 0.3) is 11.2 Å². The molecule has 2 N–H and O–H groups in total. The summed E-state index contributed by atoms with van der Waals surface area (Å²) in [6.07, 6.45) is 3.40. The van der Waals surface area contributed by atoms with Crippen LogP contribution in [0.4, 0.5) is 0 Å². The van der Waals surface area contributed by atoms with Crippen molar-refractivity contribution in [1.29, 1.82) is 0 Å². The molecular formula is C11H16N4O2. The molecule has 6 nitrogen and oxygen atoms in total. The van der Waals surface area contributed by atoms with Crippen LogP contribution < -0.4 is 11.2 Å². The lowest BCUT2D eigenvalue weighted by molar-refractivity contribution is 0.301. The van der Waals surface area contributed by atoms with Crippen LogP contribution >= 0.6 is 0 Å². The summed E-state index contributed by atoms with van der Waals surface area (Å²) in [6.45, 7) is 6.22. The monoisotopic (exact) mass is 236 g/mol. The number of nitrogens with one attached hydrogen (secondary N) is 2. The van der Waals surface area contributed by atoms with Crippen LogP contribution in [0.5, 0.6) is 0 Å². The predicted molar refractivity (Wildman–Crippen MR) is 65.2 cm³/mol. The molecule has 92 valence electrons. The van der Waals surface area contributed by atoms with E-state index in [9.17, 15) is 9.59 Å². The first kappa shape index (κ1) is 11.6. The van der Waals surface area contributed by atoms with Crippen molar-refractivity contribution < 1.29 is 0 Å². The summed E-state index contributed by atoms with van der Waals surface area (Å²) >= 11 is 0. The highest BCUT2D eigenvalue weighted by Crippen LogP contribution is 2.26. The van der Waals surface area contributed by atoms with Crippen LogP contribution in [0.1, 0.15) is 33.6 Å². The zero-order valence-corrected chi connectivity index (χ0v) is 10.2. The van der Waals surface area contributed by atoms with Gasteiger partial charge in [-0.3, -0.25) is 14.8 Å². The number of hydrogen-bond donors (Lipinski definition) is 2. The molecule has 0 aliphatic carbocycles. The van der Waals surface area contributed by atoms with Crippen LogP contribution in [0.3, 0.4) is 0 Å². The summed E-state index contributed by atoms with van der Waals surface area (Å²) in [5, 5.41) is 0. The van der Waals surface area contributed by atoms with Gasteiger partial charge < -0.3 is 4.57 Å². The molecule has 6 heteroatoms. The molecule has 0 saturated heterocycles. The van der Waals surface area contributed by atoms with Crippen LogP contribution in [0.15, 0.2) is 15.9 Å². The Morgan fingerprint density at radius 1 is 1.29 bits per heavy atom. The second-order valence-corrected chi connectivity index (χ2v) is 4.42. The molecule has 2 heterocycles. The molecule has 2 rings (SSSR count). The molecule has 0 aliphatic rings. The molecule has 0 fully saturated rings. The van der Waals surface area contributed by atoms with E-state index in [-0.39, 0.29) is 11.1 Å². The number of fused-ring (bicyclic) bond motifs is 1. The number of hydrogen-bond acceptors (Lipinski definition) is 3. The maximum atomic E-state index is 11.6. The first-order valence-electron chi connectivity index (χ1n) is 5.72. The van der Waals surface area contributed by atoms with Gasteiger partial charge in [-0.1, -0.05) is 13.8 Å². The average Bonchev–Trinajstić information content (AvgIpc) is 2.72. The van der Waals surface area contributed by atoms with E-state index in [2.05, 4.69) is 35.7 Å². The third kappa shape index (κ3) is 1.69. The topological polar surface area (TPSA) is 83.5 Å².